The number of carboxylic acid groups (broad SMARTS) is 1. The number of carbonyl (C=O) groups excluding carboxylic acids is 1. The number of pyridine rings is 1. The van der Waals surface area contributed by atoms with Crippen LogP contribution in [0.4, 0.5) is 10.1 Å². The number of halogens is 1. The topological polar surface area (TPSA) is 73.7 Å². The van der Waals surface area contributed by atoms with Crippen LogP contribution in [0.5, 0.6) is 0 Å². The molecule has 2 aromatic carbocycles. The highest BCUT2D eigenvalue weighted by Gasteiger charge is 2.25. The SMILES string of the molecule is O=C(O)C(=O)N1CCN(c2ccc(C=Cc3cc(F)cc(-c4ccncc4)c3)cc2)CC1. The van der Waals surface area contributed by atoms with Crippen LogP contribution in [0, 0.1) is 5.82 Å². The third-order valence-corrected chi connectivity index (χ3v) is 5.41. The summed E-state index contributed by atoms with van der Waals surface area (Å²) >= 11 is 0. The second-order valence-corrected chi connectivity index (χ2v) is 7.52. The molecular formula is C25H22FN3O3. The van der Waals surface area contributed by atoms with Gasteiger partial charge in [0, 0.05) is 44.3 Å². The molecule has 1 aliphatic heterocycles. The molecule has 162 valence electrons. The zero-order chi connectivity index (χ0) is 22.5. The molecule has 2 heterocycles. The van der Waals surface area contributed by atoms with Crippen LogP contribution in [0.3, 0.4) is 0 Å². The second kappa shape index (κ2) is 9.43. The number of aliphatic carboxylic acids is 1. The highest BCUT2D eigenvalue weighted by molar-refractivity contribution is 6.31. The molecule has 1 amide bonds. The average molecular weight is 431 g/mol. The fourth-order valence-corrected chi connectivity index (χ4v) is 3.71. The molecule has 0 saturated carbocycles. The molecular weight excluding hydrogens is 409 g/mol. The van der Waals surface area contributed by atoms with Crippen molar-refractivity contribution >= 4 is 29.7 Å². The van der Waals surface area contributed by atoms with Crippen molar-refractivity contribution in [2.45, 2.75) is 0 Å². The van der Waals surface area contributed by atoms with Crippen molar-refractivity contribution in [3.8, 4) is 11.1 Å². The maximum Gasteiger partial charge on any atom is 0.394 e. The van der Waals surface area contributed by atoms with E-state index in [4.69, 9.17) is 5.11 Å². The fourth-order valence-electron chi connectivity index (χ4n) is 3.71. The van der Waals surface area contributed by atoms with Crippen LogP contribution in [-0.2, 0) is 9.59 Å². The quantitative estimate of drug-likeness (QED) is 0.503. The van der Waals surface area contributed by atoms with E-state index >= 15 is 0 Å². The summed E-state index contributed by atoms with van der Waals surface area (Å²) in [5.74, 6) is -2.56. The van der Waals surface area contributed by atoms with Gasteiger partial charge in [-0.1, -0.05) is 24.3 Å². The Hall–Kier alpha value is -4.00. The van der Waals surface area contributed by atoms with Crippen molar-refractivity contribution in [3.63, 3.8) is 0 Å². The average Bonchev–Trinajstić information content (AvgIpc) is 2.83. The Balaban J connectivity index is 1.42. The largest absolute Gasteiger partial charge is 0.474 e. The summed E-state index contributed by atoms with van der Waals surface area (Å²) < 4.78 is 14.1. The van der Waals surface area contributed by atoms with Gasteiger partial charge in [0.05, 0.1) is 0 Å². The van der Waals surface area contributed by atoms with E-state index in [1.807, 2.05) is 54.6 Å². The van der Waals surface area contributed by atoms with E-state index in [0.29, 0.717) is 26.2 Å². The number of aromatic nitrogens is 1. The molecule has 0 atom stereocenters. The van der Waals surface area contributed by atoms with Crippen LogP contribution in [0.15, 0.2) is 67.0 Å². The van der Waals surface area contributed by atoms with Gasteiger partial charge in [0.2, 0.25) is 0 Å². The number of carbonyl (C=O) groups is 2. The number of benzene rings is 2. The van der Waals surface area contributed by atoms with E-state index in [1.165, 1.54) is 17.0 Å². The number of nitrogens with zero attached hydrogens (tertiary/aromatic N) is 3. The summed E-state index contributed by atoms with van der Waals surface area (Å²) in [4.78, 5) is 29.9. The first-order chi connectivity index (χ1) is 15.5. The molecule has 0 bridgehead atoms. The van der Waals surface area contributed by atoms with Gasteiger partial charge in [-0.25, -0.2) is 9.18 Å². The number of anilines is 1. The summed E-state index contributed by atoms with van der Waals surface area (Å²) in [6, 6.07) is 16.6. The standard InChI is InChI=1S/C25H22FN3O3/c26-22-16-19(15-21(17-22)20-7-9-27-10-8-20)2-1-18-3-5-23(6-4-18)28-11-13-29(14-12-28)24(30)25(31)32/h1-10,15-17H,11-14H2,(H,31,32). The first kappa shape index (κ1) is 21.2. The predicted molar refractivity (Wildman–Crippen MR) is 121 cm³/mol. The lowest BCUT2D eigenvalue weighted by atomic mass is 10.0. The van der Waals surface area contributed by atoms with Crippen LogP contribution >= 0.6 is 0 Å². The number of amides is 1. The molecule has 3 aromatic rings. The number of rotatable bonds is 4. The van der Waals surface area contributed by atoms with Gasteiger partial charge in [0.25, 0.3) is 0 Å². The Morgan fingerprint density at radius 3 is 2.16 bits per heavy atom. The first-order valence-corrected chi connectivity index (χ1v) is 10.3. The van der Waals surface area contributed by atoms with Gasteiger partial charge >= 0.3 is 11.9 Å². The molecule has 0 aliphatic carbocycles. The molecule has 0 radical (unpaired) electrons. The van der Waals surface area contributed by atoms with Crippen molar-refractivity contribution in [1.82, 2.24) is 9.88 Å². The van der Waals surface area contributed by atoms with Crippen LogP contribution in [0.25, 0.3) is 23.3 Å². The molecule has 7 heteroatoms. The Morgan fingerprint density at radius 1 is 0.844 bits per heavy atom. The highest BCUT2D eigenvalue weighted by atomic mass is 19.1. The van der Waals surface area contributed by atoms with Gasteiger partial charge < -0.3 is 14.9 Å². The fraction of sp³-hybridized carbons (Fsp3) is 0.160. The normalized spacial score (nSPS) is 14.0. The van der Waals surface area contributed by atoms with Crippen molar-refractivity contribution in [3.05, 3.63) is 83.9 Å². The Labute approximate surface area is 185 Å². The molecule has 1 fully saturated rings. The molecule has 4 rings (SSSR count). The maximum absolute atomic E-state index is 14.1. The lowest BCUT2D eigenvalue weighted by Gasteiger charge is -2.35. The molecule has 1 N–H and O–H groups in total. The highest BCUT2D eigenvalue weighted by Crippen LogP contribution is 2.23. The molecule has 1 aromatic heterocycles. The van der Waals surface area contributed by atoms with E-state index < -0.39 is 11.9 Å². The van der Waals surface area contributed by atoms with Gasteiger partial charge in [0.1, 0.15) is 5.82 Å². The number of piperazine rings is 1. The molecule has 0 spiro atoms. The minimum Gasteiger partial charge on any atom is -0.474 e. The van der Waals surface area contributed by atoms with Gasteiger partial charge in [0.15, 0.2) is 0 Å². The van der Waals surface area contributed by atoms with Crippen molar-refractivity contribution < 1.29 is 19.1 Å². The van der Waals surface area contributed by atoms with Crippen molar-refractivity contribution in [2.24, 2.45) is 0 Å². The van der Waals surface area contributed by atoms with Crippen LogP contribution in [0.1, 0.15) is 11.1 Å². The van der Waals surface area contributed by atoms with E-state index in [0.717, 1.165) is 27.9 Å². The van der Waals surface area contributed by atoms with E-state index in [-0.39, 0.29) is 5.82 Å². The zero-order valence-electron chi connectivity index (χ0n) is 17.3. The lowest BCUT2D eigenvalue weighted by Crippen LogP contribution is -2.50. The van der Waals surface area contributed by atoms with E-state index in [9.17, 15) is 14.0 Å². The minimum atomic E-state index is -1.42. The summed E-state index contributed by atoms with van der Waals surface area (Å²) in [6.45, 7) is 1.92. The summed E-state index contributed by atoms with van der Waals surface area (Å²) in [5, 5.41) is 8.83. The molecule has 0 unspecified atom stereocenters. The van der Waals surface area contributed by atoms with Crippen molar-refractivity contribution in [2.75, 3.05) is 31.1 Å². The van der Waals surface area contributed by atoms with E-state index in [2.05, 4.69) is 9.88 Å². The van der Waals surface area contributed by atoms with Gasteiger partial charge in [-0.2, -0.15) is 0 Å². The van der Waals surface area contributed by atoms with Crippen LogP contribution in [-0.4, -0.2) is 53.0 Å². The minimum absolute atomic E-state index is 0.296. The summed E-state index contributed by atoms with van der Waals surface area (Å²) in [7, 11) is 0. The zero-order valence-corrected chi connectivity index (χ0v) is 17.3. The number of hydrogen-bond acceptors (Lipinski definition) is 4. The smallest absolute Gasteiger partial charge is 0.394 e. The molecule has 32 heavy (non-hydrogen) atoms. The molecule has 6 nitrogen and oxygen atoms in total. The Bertz CT molecular complexity index is 1140. The van der Waals surface area contributed by atoms with Crippen molar-refractivity contribution in [1.29, 1.82) is 0 Å². The van der Waals surface area contributed by atoms with Crippen LogP contribution < -0.4 is 4.90 Å². The maximum atomic E-state index is 14.1. The van der Waals surface area contributed by atoms with Gasteiger partial charge in [-0.05, 0) is 64.7 Å². The first-order valence-electron chi connectivity index (χ1n) is 10.3. The van der Waals surface area contributed by atoms with Gasteiger partial charge in [-0.3, -0.25) is 9.78 Å². The Kier molecular flexibility index (Phi) is 6.26. The second-order valence-electron chi connectivity index (χ2n) is 7.52. The lowest BCUT2D eigenvalue weighted by molar-refractivity contribution is -0.156. The Morgan fingerprint density at radius 2 is 1.50 bits per heavy atom. The molecule has 1 aliphatic rings. The summed E-state index contributed by atoms with van der Waals surface area (Å²) in [5.41, 5.74) is 4.45. The summed E-state index contributed by atoms with van der Waals surface area (Å²) in [6.07, 6.45) is 7.17. The van der Waals surface area contributed by atoms with E-state index in [1.54, 1.807) is 12.4 Å². The molecule has 1 saturated heterocycles. The third-order valence-electron chi connectivity index (χ3n) is 5.41. The van der Waals surface area contributed by atoms with Crippen LogP contribution in [0.2, 0.25) is 0 Å². The number of hydrogen-bond donors (Lipinski definition) is 1. The third kappa shape index (κ3) is 5.00. The van der Waals surface area contributed by atoms with Gasteiger partial charge in [-0.15, -0.1) is 0 Å². The number of carboxylic acids is 1. The predicted octanol–water partition coefficient (Wildman–Crippen LogP) is 3.79. The monoisotopic (exact) mass is 431 g/mol.